The van der Waals surface area contributed by atoms with Gasteiger partial charge in [0, 0.05) is 12.2 Å². The van der Waals surface area contributed by atoms with Crippen LogP contribution in [-0.4, -0.2) is 42.2 Å². The molecule has 0 aliphatic rings. The summed E-state index contributed by atoms with van der Waals surface area (Å²) in [5, 5.41) is 11.6. The summed E-state index contributed by atoms with van der Waals surface area (Å²) < 4.78 is 25.1. The maximum absolute atomic E-state index is 12.6. The second-order valence-corrected chi connectivity index (χ2v) is 6.15. The lowest BCUT2D eigenvalue weighted by Crippen LogP contribution is -2.40. The standard InChI is InChI=1S/C17H26F2N2O2/c1-11(2)13-5-6-15(14(9-13)12(3)4)20-17(23)21(7-8-22)10-16(18)19/h5-6,9,11-12,16,22H,7-8,10H2,1-4H3,(H,20,23). The molecular weight excluding hydrogens is 302 g/mol. The number of carbonyl (C=O) groups is 1. The first-order valence-electron chi connectivity index (χ1n) is 7.85. The van der Waals surface area contributed by atoms with Crippen molar-refractivity contribution in [3.05, 3.63) is 29.3 Å². The van der Waals surface area contributed by atoms with E-state index in [1.807, 2.05) is 32.0 Å². The van der Waals surface area contributed by atoms with Crippen molar-refractivity contribution >= 4 is 11.7 Å². The van der Waals surface area contributed by atoms with E-state index in [1.165, 1.54) is 0 Å². The van der Waals surface area contributed by atoms with E-state index in [4.69, 9.17) is 5.11 Å². The van der Waals surface area contributed by atoms with E-state index in [-0.39, 0.29) is 19.1 Å². The zero-order valence-electron chi connectivity index (χ0n) is 14.1. The summed E-state index contributed by atoms with van der Waals surface area (Å²) in [6, 6.07) is 5.14. The third-order valence-corrected chi connectivity index (χ3v) is 3.62. The van der Waals surface area contributed by atoms with E-state index >= 15 is 0 Å². The fraction of sp³-hybridized carbons (Fsp3) is 0.588. The Kier molecular flexibility index (Phi) is 7.42. The number of halogens is 2. The van der Waals surface area contributed by atoms with Crippen molar-refractivity contribution in [2.75, 3.05) is 25.0 Å². The van der Waals surface area contributed by atoms with Crippen LogP contribution in [-0.2, 0) is 0 Å². The largest absolute Gasteiger partial charge is 0.395 e. The Hall–Kier alpha value is -1.69. The molecule has 23 heavy (non-hydrogen) atoms. The van der Waals surface area contributed by atoms with Gasteiger partial charge in [0.1, 0.15) is 0 Å². The smallest absolute Gasteiger partial charge is 0.322 e. The molecule has 0 atom stereocenters. The maximum atomic E-state index is 12.6. The molecule has 0 fully saturated rings. The third-order valence-electron chi connectivity index (χ3n) is 3.62. The van der Waals surface area contributed by atoms with Gasteiger partial charge in [-0.05, 0) is 29.0 Å². The molecule has 1 rings (SSSR count). The Balaban J connectivity index is 2.99. The molecule has 4 nitrogen and oxygen atoms in total. The molecular formula is C17H26F2N2O2. The van der Waals surface area contributed by atoms with E-state index in [1.54, 1.807) is 0 Å². The van der Waals surface area contributed by atoms with Crippen LogP contribution in [0.25, 0.3) is 0 Å². The van der Waals surface area contributed by atoms with Gasteiger partial charge >= 0.3 is 6.03 Å². The molecule has 0 unspecified atom stereocenters. The van der Waals surface area contributed by atoms with Crippen molar-refractivity contribution in [3.8, 4) is 0 Å². The number of aliphatic hydroxyl groups is 1. The Morgan fingerprint density at radius 1 is 1.22 bits per heavy atom. The number of nitrogens with one attached hydrogen (secondary N) is 1. The molecule has 1 aromatic rings. The van der Waals surface area contributed by atoms with Gasteiger partial charge < -0.3 is 15.3 Å². The van der Waals surface area contributed by atoms with Gasteiger partial charge in [0.25, 0.3) is 6.43 Å². The van der Waals surface area contributed by atoms with Crippen LogP contribution in [0.4, 0.5) is 19.3 Å². The van der Waals surface area contributed by atoms with Crippen LogP contribution >= 0.6 is 0 Å². The zero-order valence-corrected chi connectivity index (χ0v) is 14.1. The molecule has 0 saturated carbocycles. The highest BCUT2D eigenvalue weighted by Crippen LogP contribution is 2.28. The van der Waals surface area contributed by atoms with Crippen LogP contribution in [0.1, 0.15) is 50.7 Å². The number of hydrogen-bond donors (Lipinski definition) is 2. The predicted octanol–water partition coefficient (Wildman–Crippen LogP) is 4.02. The van der Waals surface area contributed by atoms with E-state index in [9.17, 15) is 13.6 Å². The molecule has 130 valence electrons. The van der Waals surface area contributed by atoms with Crippen molar-refractivity contribution in [1.82, 2.24) is 4.90 Å². The molecule has 0 aromatic heterocycles. The van der Waals surface area contributed by atoms with Crippen LogP contribution < -0.4 is 5.32 Å². The lowest BCUT2D eigenvalue weighted by atomic mass is 9.94. The highest BCUT2D eigenvalue weighted by atomic mass is 19.3. The molecule has 0 aliphatic heterocycles. The minimum Gasteiger partial charge on any atom is -0.395 e. The maximum Gasteiger partial charge on any atom is 0.322 e. The topological polar surface area (TPSA) is 52.6 Å². The molecule has 6 heteroatoms. The molecule has 2 N–H and O–H groups in total. The number of nitrogens with zero attached hydrogens (tertiary/aromatic N) is 1. The summed E-state index contributed by atoms with van der Waals surface area (Å²) in [4.78, 5) is 13.1. The van der Waals surface area contributed by atoms with Crippen molar-refractivity contribution in [3.63, 3.8) is 0 Å². The van der Waals surface area contributed by atoms with E-state index in [2.05, 4.69) is 19.2 Å². The van der Waals surface area contributed by atoms with Crippen LogP contribution in [0.5, 0.6) is 0 Å². The Bertz CT molecular complexity index is 519. The van der Waals surface area contributed by atoms with Crippen molar-refractivity contribution in [2.24, 2.45) is 0 Å². The molecule has 2 amide bonds. The fourth-order valence-electron chi connectivity index (χ4n) is 2.29. The van der Waals surface area contributed by atoms with Gasteiger partial charge in [-0.15, -0.1) is 0 Å². The monoisotopic (exact) mass is 328 g/mol. The van der Waals surface area contributed by atoms with Crippen molar-refractivity contribution in [1.29, 1.82) is 0 Å². The first-order valence-corrected chi connectivity index (χ1v) is 7.85. The summed E-state index contributed by atoms with van der Waals surface area (Å²) in [5.41, 5.74) is 2.74. The van der Waals surface area contributed by atoms with Gasteiger partial charge in [0.2, 0.25) is 0 Å². The number of urea groups is 1. The number of aliphatic hydroxyl groups excluding tert-OH is 1. The summed E-state index contributed by atoms with van der Waals surface area (Å²) in [6.45, 7) is 7.01. The zero-order chi connectivity index (χ0) is 17.6. The van der Waals surface area contributed by atoms with Gasteiger partial charge in [0.15, 0.2) is 0 Å². The number of hydrogen-bond acceptors (Lipinski definition) is 2. The molecule has 1 aromatic carbocycles. The second kappa shape index (κ2) is 8.82. The molecule has 0 bridgehead atoms. The molecule has 0 spiro atoms. The van der Waals surface area contributed by atoms with Crippen LogP contribution in [0.3, 0.4) is 0 Å². The molecule has 0 aliphatic carbocycles. The van der Waals surface area contributed by atoms with Gasteiger partial charge in [-0.25, -0.2) is 13.6 Å². The van der Waals surface area contributed by atoms with Gasteiger partial charge in [0.05, 0.1) is 13.2 Å². The minimum atomic E-state index is -2.64. The average molecular weight is 328 g/mol. The lowest BCUT2D eigenvalue weighted by Gasteiger charge is -2.23. The highest BCUT2D eigenvalue weighted by Gasteiger charge is 2.19. The second-order valence-electron chi connectivity index (χ2n) is 6.15. The van der Waals surface area contributed by atoms with E-state index in [0.29, 0.717) is 11.6 Å². The summed E-state index contributed by atoms with van der Waals surface area (Å²) in [7, 11) is 0. The third kappa shape index (κ3) is 5.78. The van der Waals surface area contributed by atoms with E-state index in [0.717, 1.165) is 16.0 Å². The van der Waals surface area contributed by atoms with Gasteiger partial charge in [-0.1, -0.05) is 39.8 Å². The number of anilines is 1. The first kappa shape index (κ1) is 19.4. The number of rotatable bonds is 7. The van der Waals surface area contributed by atoms with Crippen molar-refractivity contribution < 1.29 is 18.7 Å². The quantitative estimate of drug-likeness (QED) is 0.794. The van der Waals surface area contributed by atoms with Gasteiger partial charge in [-0.3, -0.25) is 0 Å². The fourth-order valence-corrected chi connectivity index (χ4v) is 2.29. The average Bonchev–Trinajstić information content (AvgIpc) is 2.46. The lowest BCUT2D eigenvalue weighted by molar-refractivity contribution is 0.0943. The summed E-state index contributed by atoms with van der Waals surface area (Å²) >= 11 is 0. The minimum absolute atomic E-state index is 0.128. The summed E-state index contributed by atoms with van der Waals surface area (Å²) in [6.07, 6.45) is -2.64. The molecule has 0 saturated heterocycles. The SMILES string of the molecule is CC(C)c1ccc(NC(=O)N(CCO)CC(F)F)c(C(C)C)c1. The van der Waals surface area contributed by atoms with Crippen LogP contribution in [0.15, 0.2) is 18.2 Å². The number of carbonyl (C=O) groups excluding carboxylic acids is 1. The van der Waals surface area contributed by atoms with Gasteiger partial charge in [-0.2, -0.15) is 0 Å². The highest BCUT2D eigenvalue weighted by molar-refractivity contribution is 5.90. The Morgan fingerprint density at radius 2 is 1.87 bits per heavy atom. The van der Waals surface area contributed by atoms with Crippen LogP contribution in [0, 0.1) is 0 Å². The molecule has 0 heterocycles. The van der Waals surface area contributed by atoms with Crippen molar-refractivity contribution in [2.45, 2.75) is 46.0 Å². The Morgan fingerprint density at radius 3 is 2.35 bits per heavy atom. The molecule has 0 radical (unpaired) electrons. The number of alkyl halides is 2. The first-order chi connectivity index (χ1) is 10.8. The summed E-state index contributed by atoms with van der Waals surface area (Å²) in [5.74, 6) is 0.548. The number of benzene rings is 1. The predicted molar refractivity (Wildman–Crippen MR) is 88.3 cm³/mol. The normalized spacial score (nSPS) is 11.4. The number of amides is 2. The van der Waals surface area contributed by atoms with Crippen LogP contribution in [0.2, 0.25) is 0 Å². The Labute approximate surface area is 136 Å². The van der Waals surface area contributed by atoms with E-state index < -0.39 is 19.0 Å².